The molecule has 4 heteroatoms. The maximum Gasteiger partial charge on any atom is 0.305 e. The SMILES string of the molecule is [O]S(=O)(=O)C(c1ccccc1)c1ccccc1. The van der Waals surface area contributed by atoms with Gasteiger partial charge in [-0.1, -0.05) is 65.2 Å². The summed E-state index contributed by atoms with van der Waals surface area (Å²) in [6, 6.07) is 17.0. The predicted octanol–water partition coefficient (Wildman–Crippen LogP) is 2.54. The summed E-state index contributed by atoms with van der Waals surface area (Å²) in [5.74, 6) is 0. The van der Waals surface area contributed by atoms with Gasteiger partial charge in [0.05, 0.1) is 0 Å². The van der Waals surface area contributed by atoms with Gasteiger partial charge in [0.25, 0.3) is 0 Å². The van der Waals surface area contributed by atoms with Crippen LogP contribution in [0.2, 0.25) is 0 Å². The van der Waals surface area contributed by atoms with E-state index in [1.807, 2.05) is 0 Å². The van der Waals surface area contributed by atoms with Crippen molar-refractivity contribution in [1.82, 2.24) is 0 Å². The van der Waals surface area contributed by atoms with Crippen molar-refractivity contribution in [3.05, 3.63) is 71.8 Å². The molecule has 0 aliphatic rings. The molecule has 0 amide bonds. The minimum absolute atomic E-state index is 0.494. The zero-order chi connectivity index (χ0) is 12.3. The normalized spacial score (nSPS) is 11.6. The first-order valence-electron chi connectivity index (χ1n) is 5.13. The van der Waals surface area contributed by atoms with Crippen LogP contribution in [0.3, 0.4) is 0 Å². The van der Waals surface area contributed by atoms with Crippen molar-refractivity contribution in [2.75, 3.05) is 0 Å². The van der Waals surface area contributed by atoms with E-state index in [1.165, 1.54) is 0 Å². The van der Waals surface area contributed by atoms with Crippen molar-refractivity contribution in [3.63, 3.8) is 0 Å². The van der Waals surface area contributed by atoms with Crippen molar-refractivity contribution in [3.8, 4) is 0 Å². The van der Waals surface area contributed by atoms with E-state index in [-0.39, 0.29) is 0 Å². The van der Waals surface area contributed by atoms with Crippen molar-refractivity contribution >= 4 is 10.1 Å². The Labute approximate surface area is 100 Å². The second-order valence-corrected chi connectivity index (χ2v) is 5.15. The third-order valence-electron chi connectivity index (χ3n) is 2.49. The van der Waals surface area contributed by atoms with Gasteiger partial charge < -0.3 is 0 Å². The van der Waals surface area contributed by atoms with Crippen LogP contribution in [0, 0.1) is 0 Å². The Morgan fingerprint density at radius 3 is 1.35 bits per heavy atom. The van der Waals surface area contributed by atoms with Crippen LogP contribution in [0.15, 0.2) is 60.7 Å². The molecule has 2 rings (SSSR count). The van der Waals surface area contributed by atoms with Gasteiger partial charge in [-0.2, -0.15) is 8.42 Å². The van der Waals surface area contributed by atoms with Crippen LogP contribution in [0.25, 0.3) is 0 Å². The summed E-state index contributed by atoms with van der Waals surface area (Å²) in [6.45, 7) is 0. The Morgan fingerprint density at radius 2 is 1.06 bits per heavy atom. The number of rotatable bonds is 3. The maximum atomic E-state index is 11.4. The number of hydrogen-bond acceptors (Lipinski definition) is 2. The lowest BCUT2D eigenvalue weighted by molar-refractivity contribution is 0.408. The molecular formula is C13H11O3S. The van der Waals surface area contributed by atoms with Crippen LogP contribution >= 0.6 is 0 Å². The monoisotopic (exact) mass is 247 g/mol. The molecule has 0 aromatic heterocycles. The van der Waals surface area contributed by atoms with Gasteiger partial charge in [0.1, 0.15) is 5.25 Å². The topological polar surface area (TPSA) is 54.0 Å². The van der Waals surface area contributed by atoms with Crippen molar-refractivity contribution in [2.24, 2.45) is 0 Å². The standard InChI is InChI=1S/C13H11O3S/c14-17(15,16)13(11-7-3-1-4-8-11)12-9-5-2-6-10-12/h1-10,13H. The summed E-state index contributed by atoms with van der Waals surface area (Å²) >= 11 is 0. The van der Waals surface area contributed by atoms with Gasteiger partial charge in [-0.3, -0.25) is 0 Å². The Kier molecular flexibility index (Phi) is 3.26. The second kappa shape index (κ2) is 4.69. The van der Waals surface area contributed by atoms with Gasteiger partial charge in [-0.25, -0.2) is 0 Å². The summed E-state index contributed by atoms with van der Waals surface area (Å²) < 4.78 is 34.1. The maximum absolute atomic E-state index is 11.4. The van der Waals surface area contributed by atoms with E-state index >= 15 is 0 Å². The molecule has 0 spiro atoms. The fourth-order valence-electron chi connectivity index (χ4n) is 1.78. The zero-order valence-electron chi connectivity index (χ0n) is 8.98. The molecule has 0 N–H and O–H groups in total. The van der Waals surface area contributed by atoms with Crippen molar-refractivity contribution < 1.29 is 13.0 Å². The molecule has 87 valence electrons. The van der Waals surface area contributed by atoms with Crippen LogP contribution in [0.4, 0.5) is 0 Å². The zero-order valence-corrected chi connectivity index (χ0v) is 9.80. The first-order chi connectivity index (χ1) is 8.09. The van der Waals surface area contributed by atoms with Gasteiger partial charge in [0, 0.05) is 0 Å². The van der Waals surface area contributed by atoms with E-state index in [2.05, 4.69) is 0 Å². The minimum Gasteiger partial charge on any atom is -0.196 e. The Bertz CT molecular complexity index is 537. The van der Waals surface area contributed by atoms with Crippen molar-refractivity contribution in [1.29, 1.82) is 0 Å². The molecule has 17 heavy (non-hydrogen) atoms. The fourth-order valence-corrected chi connectivity index (χ4v) is 2.76. The first kappa shape index (κ1) is 11.8. The third kappa shape index (κ3) is 2.72. The van der Waals surface area contributed by atoms with Gasteiger partial charge in [0.15, 0.2) is 0 Å². The second-order valence-electron chi connectivity index (χ2n) is 3.69. The first-order valence-corrected chi connectivity index (χ1v) is 6.61. The largest absolute Gasteiger partial charge is 0.305 e. The van der Waals surface area contributed by atoms with Gasteiger partial charge in [0.2, 0.25) is 0 Å². The molecule has 0 aliphatic carbocycles. The highest BCUT2D eigenvalue weighted by molar-refractivity contribution is 7.86. The molecule has 1 radical (unpaired) electrons. The lowest BCUT2D eigenvalue weighted by Crippen LogP contribution is -2.12. The smallest absolute Gasteiger partial charge is 0.196 e. The summed E-state index contributed by atoms with van der Waals surface area (Å²) in [7, 11) is -4.42. The van der Waals surface area contributed by atoms with Crippen LogP contribution in [0.5, 0.6) is 0 Å². The molecule has 0 aliphatic heterocycles. The molecule has 3 nitrogen and oxygen atoms in total. The summed E-state index contributed by atoms with van der Waals surface area (Å²) in [5, 5.41) is -1.13. The van der Waals surface area contributed by atoms with Crippen LogP contribution in [-0.2, 0) is 14.7 Å². The molecule has 2 aromatic rings. The number of hydrogen-bond donors (Lipinski definition) is 0. The molecule has 0 unspecified atom stereocenters. The van der Waals surface area contributed by atoms with E-state index in [4.69, 9.17) is 0 Å². The van der Waals surface area contributed by atoms with Crippen LogP contribution in [-0.4, -0.2) is 8.42 Å². The van der Waals surface area contributed by atoms with Crippen LogP contribution in [0.1, 0.15) is 16.4 Å². The van der Waals surface area contributed by atoms with E-state index < -0.39 is 15.4 Å². The van der Waals surface area contributed by atoms with Gasteiger partial charge >= 0.3 is 10.1 Å². The highest BCUT2D eigenvalue weighted by Crippen LogP contribution is 2.29. The van der Waals surface area contributed by atoms with E-state index in [1.54, 1.807) is 60.7 Å². The summed E-state index contributed by atoms with van der Waals surface area (Å²) in [5.41, 5.74) is 0.988. The lowest BCUT2D eigenvalue weighted by Gasteiger charge is -2.13. The summed E-state index contributed by atoms with van der Waals surface area (Å²) in [6.07, 6.45) is 0. The highest BCUT2D eigenvalue weighted by atomic mass is 32.2. The minimum atomic E-state index is -4.42. The highest BCUT2D eigenvalue weighted by Gasteiger charge is 2.27. The van der Waals surface area contributed by atoms with Gasteiger partial charge in [-0.05, 0) is 11.1 Å². The quantitative estimate of drug-likeness (QED) is 0.836. The third-order valence-corrected chi connectivity index (χ3v) is 3.62. The molecule has 0 fully saturated rings. The Balaban J connectivity index is 2.56. The molecular weight excluding hydrogens is 236 g/mol. The van der Waals surface area contributed by atoms with Gasteiger partial charge in [-0.15, -0.1) is 0 Å². The van der Waals surface area contributed by atoms with Crippen molar-refractivity contribution in [2.45, 2.75) is 5.25 Å². The average Bonchev–Trinajstić information content (AvgIpc) is 2.30. The molecule has 0 saturated heterocycles. The molecule has 0 atom stereocenters. The average molecular weight is 247 g/mol. The molecule has 0 heterocycles. The van der Waals surface area contributed by atoms with E-state index in [9.17, 15) is 13.0 Å². The molecule has 2 aromatic carbocycles. The molecule has 0 bridgehead atoms. The lowest BCUT2D eigenvalue weighted by atomic mass is 10.0. The van der Waals surface area contributed by atoms with E-state index in [0.717, 1.165) is 0 Å². The molecule has 0 saturated carbocycles. The fraction of sp³-hybridized carbons (Fsp3) is 0.0769. The predicted molar refractivity (Wildman–Crippen MR) is 64.3 cm³/mol. The van der Waals surface area contributed by atoms with E-state index in [0.29, 0.717) is 11.1 Å². The Morgan fingerprint density at radius 1 is 0.706 bits per heavy atom. The number of benzene rings is 2. The summed E-state index contributed by atoms with van der Waals surface area (Å²) in [4.78, 5) is 0. The Hall–Kier alpha value is -1.65. The van der Waals surface area contributed by atoms with Crippen LogP contribution < -0.4 is 0 Å².